The number of rotatable bonds is 5. The van der Waals surface area contributed by atoms with Crippen molar-refractivity contribution in [3.63, 3.8) is 0 Å². The lowest BCUT2D eigenvalue weighted by atomic mass is 9.91. The SMILES string of the molecule is CC[C@H](C)[C@H](NC(=O)[C@@H]1Cc2c([nH]c3ccc(F)cc23)[C@H]2CCC(=O)N21)C(=O)O. The highest BCUT2D eigenvalue weighted by Crippen LogP contribution is 2.43. The van der Waals surface area contributed by atoms with E-state index in [0.717, 1.165) is 16.8 Å². The number of aromatic amines is 1. The van der Waals surface area contributed by atoms with Crippen LogP contribution in [0, 0.1) is 11.7 Å². The number of benzene rings is 1. The van der Waals surface area contributed by atoms with Crippen molar-refractivity contribution in [2.45, 2.75) is 57.7 Å². The van der Waals surface area contributed by atoms with Crippen LogP contribution in [0.25, 0.3) is 10.9 Å². The molecule has 4 atom stereocenters. The molecule has 0 bridgehead atoms. The molecule has 3 heterocycles. The molecule has 0 saturated carbocycles. The van der Waals surface area contributed by atoms with Crippen molar-refractivity contribution in [2.75, 3.05) is 0 Å². The second-order valence-electron chi connectivity index (χ2n) is 7.99. The first-order chi connectivity index (χ1) is 13.8. The number of nitrogens with one attached hydrogen (secondary N) is 2. The van der Waals surface area contributed by atoms with E-state index in [2.05, 4.69) is 10.3 Å². The van der Waals surface area contributed by atoms with Crippen LogP contribution >= 0.6 is 0 Å². The third kappa shape index (κ3) is 3.16. The Kier molecular flexibility index (Phi) is 4.80. The summed E-state index contributed by atoms with van der Waals surface area (Å²) >= 11 is 0. The number of amides is 2. The Morgan fingerprint density at radius 2 is 2.17 bits per heavy atom. The van der Waals surface area contributed by atoms with E-state index in [0.29, 0.717) is 24.6 Å². The number of hydrogen-bond acceptors (Lipinski definition) is 3. The van der Waals surface area contributed by atoms with Crippen molar-refractivity contribution >= 4 is 28.7 Å². The molecule has 8 heteroatoms. The summed E-state index contributed by atoms with van der Waals surface area (Å²) in [4.78, 5) is 42.2. The largest absolute Gasteiger partial charge is 0.480 e. The minimum absolute atomic E-state index is 0.124. The average Bonchev–Trinajstić information content (AvgIpc) is 3.25. The molecule has 1 aromatic heterocycles. The summed E-state index contributed by atoms with van der Waals surface area (Å²) in [7, 11) is 0. The molecule has 7 nitrogen and oxygen atoms in total. The summed E-state index contributed by atoms with van der Waals surface area (Å²) in [5, 5.41) is 12.9. The van der Waals surface area contributed by atoms with E-state index in [9.17, 15) is 23.9 Å². The van der Waals surface area contributed by atoms with Gasteiger partial charge in [0.05, 0.1) is 6.04 Å². The molecular weight excluding hydrogens is 377 g/mol. The van der Waals surface area contributed by atoms with Crippen molar-refractivity contribution in [2.24, 2.45) is 5.92 Å². The molecule has 0 radical (unpaired) electrons. The number of fused-ring (bicyclic) bond motifs is 5. The maximum Gasteiger partial charge on any atom is 0.326 e. The lowest BCUT2D eigenvalue weighted by Crippen LogP contribution is -2.56. The van der Waals surface area contributed by atoms with E-state index in [1.165, 1.54) is 12.1 Å². The first-order valence-corrected chi connectivity index (χ1v) is 9.96. The highest BCUT2D eigenvalue weighted by atomic mass is 19.1. The zero-order chi connectivity index (χ0) is 20.9. The normalized spacial score (nSPS) is 22.9. The molecular formula is C21H24FN3O4. The van der Waals surface area contributed by atoms with Gasteiger partial charge in [-0.15, -0.1) is 0 Å². The van der Waals surface area contributed by atoms with Crippen molar-refractivity contribution in [1.29, 1.82) is 0 Å². The number of aliphatic carboxylic acids is 1. The highest BCUT2D eigenvalue weighted by Gasteiger charge is 2.46. The number of halogens is 1. The van der Waals surface area contributed by atoms with Crippen molar-refractivity contribution < 1.29 is 23.9 Å². The molecule has 2 amide bonds. The van der Waals surface area contributed by atoms with Gasteiger partial charge in [0.2, 0.25) is 11.8 Å². The number of carbonyl (C=O) groups is 3. The Balaban J connectivity index is 1.72. The van der Waals surface area contributed by atoms with Crippen LogP contribution in [0.4, 0.5) is 4.39 Å². The molecule has 0 spiro atoms. The molecule has 0 unspecified atom stereocenters. The molecule has 2 aliphatic heterocycles. The molecule has 1 fully saturated rings. The lowest BCUT2D eigenvalue weighted by Gasteiger charge is -2.37. The van der Waals surface area contributed by atoms with Crippen LogP contribution < -0.4 is 5.32 Å². The maximum atomic E-state index is 13.8. The number of nitrogens with zero attached hydrogens (tertiary/aromatic N) is 1. The van der Waals surface area contributed by atoms with Crippen LogP contribution in [0.3, 0.4) is 0 Å². The zero-order valence-corrected chi connectivity index (χ0v) is 16.4. The van der Waals surface area contributed by atoms with Crippen LogP contribution in [0.5, 0.6) is 0 Å². The zero-order valence-electron chi connectivity index (χ0n) is 16.4. The molecule has 2 aliphatic rings. The fraction of sp³-hybridized carbons (Fsp3) is 0.476. The standard InChI is InChI=1S/C21H24FN3O4/c1-3-10(2)18(21(28)29)24-20(27)16-9-13-12-8-11(22)4-5-14(12)23-19(13)15-6-7-17(26)25(15)16/h4-5,8,10,15-16,18,23H,3,6-7,9H2,1-2H3,(H,24,27)(H,28,29)/t10-,15+,16-,18-/m0/s1. The van der Waals surface area contributed by atoms with E-state index in [1.807, 2.05) is 6.92 Å². The van der Waals surface area contributed by atoms with Crippen LogP contribution in [0.2, 0.25) is 0 Å². The smallest absolute Gasteiger partial charge is 0.326 e. The molecule has 1 aromatic carbocycles. The Bertz CT molecular complexity index is 1000. The summed E-state index contributed by atoms with van der Waals surface area (Å²) in [6.07, 6.45) is 1.71. The fourth-order valence-electron chi connectivity index (χ4n) is 4.57. The molecule has 154 valence electrons. The van der Waals surface area contributed by atoms with Crippen LogP contribution in [0.15, 0.2) is 18.2 Å². The number of H-pyrrole nitrogens is 1. The van der Waals surface area contributed by atoms with E-state index < -0.39 is 24.0 Å². The van der Waals surface area contributed by atoms with Crippen molar-refractivity contribution in [3.05, 3.63) is 35.3 Å². The Hall–Kier alpha value is -2.90. The molecule has 0 aliphatic carbocycles. The van der Waals surface area contributed by atoms with Gasteiger partial charge >= 0.3 is 5.97 Å². The predicted octanol–water partition coefficient (Wildman–Crippen LogP) is 2.51. The highest BCUT2D eigenvalue weighted by molar-refractivity contribution is 5.94. The summed E-state index contributed by atoms with van der Waals surface area (Å²) in [6, 6.07) is 2.34. The molecule has 3 N–H and O–H groups in total. The first-order valence-electron chi connectivity index (χ1n) is 9.96. The number of carboxylic acids is 1. The molecule has 2 aromatic rings. The fourth-order valence-corrected chi connectivity index (χ4v) is 4.57. The summed E-state index contributed by atoms with van der Waals surface area (Å²) in [5.41, 5.74) is 2.43. The topological polar surface area (TPSA) is 103 Å². The van der Waals surface area contributed by atoms with Gasteiger partial charge in [-0.05, 0) is 36.1 Å². The molecule has 4 rings (SSSR count). The van der Waals surface area contributed by atoms with Gasteiger partial charge in [0, 0.05) is 29.4 Å². The minimum atomic E-state index is -1.09. The quantitative estimate of drug-likeness (QED) is 0.716. The van der Waals surface area contributed by atoms with Crippen LogP contribution in [0.1, 0.15) is 50.4 Å². The van der Waals surface area contributed by atoms with Gasteiger partial charge in [-0.25, -0.2) is 9.18 Å². The predicted molar refractivity (Wildman–Crippen MR) is 104 cm³/mol. The van der Waals surface area contributed by atoms with E-state index in [1.54, 1.807) is 17.9 Å². The summed E-state index contributed by atoms with van der Waals surface area (Å²) in [6.45, 7) is 3.63. The van der Waals surface area contributed by atoms with E-state index in [4.69, 9.17) is 0 Å². The van der Waals surface area contributed by atoms with Gasteiger partial charge in [-0.1, -0.05) is 20.3 Å². The van der Waals surface area contributed by atoms with Crippen molar-refractivity contribution in [3.8, 4) is 0 Å². The maximum absolute atomic E-state index is 13.8. The minimum Gasteiger partial charge on any atom is -0.480 e. The Morgan fingerprint density at radius 3 is 2.86 bits per heavy atom. The van der Waals surface area contributed by atoms with Gasteiger partial charge in [0.25, 0.3) is 0 Å². The number of carboxylic acid groups (broad SMARTS) is 1. The van der Waals surface area contributed by atoms with Gasteiger partial charge in [-0.3, -0.25) is 9.59 Å². The van der Waals surface area contributed by atoms with E-state index in [-0.39, 0.29) is 30.1 Å². The van der Waals surface area contributed by atoms with Crippen LogP contribution in [-0.4, -0.2) is 44.9 Å². The average molecular weight is 401 g/mol. The third-order valence-corrected chi connectivity index (χ3v) is 6.30. The van der Waals surface area contributed by atoms with Gasteiger partial charge < -0.3 is 20.3 Å². The van der Waals surface area contributed by atoms with Gasteiger partial charge in [-0.2, -0.15) is 0 Å². The first kappa shape index (κ1) is 19.4. The van der Waals surface area contributed by atoms with Gasteiger partial charge in [0.1, 0.15) is 17.9 Å². The summed E-state index contributed by atoms with van der Waals surface area (Å²) < 4.78 is 13.8. The lowest BCUT2D eigenvalue weighted by molar-refractivity contribution is -0.146. The summed E-state index contributed by atoms with van der Waals surface area (Å²) in [5.74, 6) is -2.31. The third-order valence-electron chi connectivity index (χ3n) is 6.30. The molecule has 29 heavy (non-hydrogen) atoms. The van der Waals surface area contributed by atoms with Crippen molar-refractivity contribution in [1.82, 2.24) is 15.2 Å². The second-order valence-corrected chi connectivity index (χ2v) is 7.99. The van der Waals surface area contributed by atoms with Crippen LogP contribution in [-0.2, 0) is 20.8 Å². The molecule has 1 saturated heterocycles. The number of aromatic nitrogens is 1. The van der Waals surface area contributed by atoms with E-state index >= 15 is 0 Å². The number of hydrogen-bond donors (Lipinski definition) is 3. The Morgan fingerprint density at radius 1 is 1.41 bits per heavy atom. The monoisotopic (exact) mass is 401 g/mol. The number of carbonyl (C=O) groups excluding carboxylic acids is 2. The second kappa shape index (κ2) is 7.17. The van der Waals surface area contributed by atoms with Gasteiger partial charge in [0.15, 0.2) is 0 Å². The Labute approximate surface area is 167 Å².